The Morgan fingerprint density at radius 3 is 1.79 bits per heavy atom. The third kappa shape index (κ3) is 24.6. The molecule has 246 valence electrons. The summed E-state index contributed by atoms with van der Waals surface area (Å²) < 4.78 is 17.0. The summed E-state index contributed by atoms with van der Waals surface area (Å²) in [5, 5.41) is 9.53. The molecule has 2 unspecified atom stereocenters. The Kier molecular flexibility index (Phi) is 25.5. The highest BCUT2D eigenvalue weighted by molar-refractivity contribution is 5.72. The summed E-state index contributed by atoms with van der Waals surface area (Å²) in [6.45, 7) is 4.63. The van der Waals surface area contributed by atoms with Gasteiger partial charge in [-0.3, -0.25) is 9.59 Å². The van der Waals surface area contributed by atoms with Crippen molar-refractivity contribution in [2.45, 2.75) is 148 Å². The first-order valence-electron chi connectivity index (χ1n) is 16.7. The fraction of sp³-hybridized carbons (Fsp3) is 0.853. The molecule has 0 aromatic rings. The third-order valence-corrected chi connectivity index (χ3v) is 7.41. The summed E-state index contributed by atoms with van der Waals surface area (Å²) in [6, 6.07) is -0.610. The monoisotopic (exact) mass is 598 g/mol. The van der Waals surface area contributed by atoms with Gasteiger partial charge in [0.05, 0.1) is 34.4 Å². The molecule has 0 heterocycles. The number of carbonyl (C=O) groups excluding carboxylic acids is 2. The summed E-state index contributed by atoms with van der Waals surface area (Å²) in [5.74, 6) is -1.51. The van der Waals surface area contributed by atoms with Gasteiger partial charge >= 0.3 is 17.9 Å². The van der Waals surface area contributed by atoms with E-state index in [0.717, 1.165) is 32.1 Å². The number of carboxylic acids is 1. The Morgan fingerprint density at radius 1 is 0.690 bits per heavy atom. The van der Waals surface area contributed by atoms with E-state index in [9.17, 15) is 19.5 Å². The molecule has 0 bridgehead atoms. The van der Waals surface area contributed by atoms with Gasteiger partial charge in [-0.05, 0) is 32.1 Å². The minimum Gasteiger partial charge on any atom is -0.477 e. The van der Waals surface area contributed by atoms with Gasteiger partial charge in [0, 0.05) is 19.3 Å². The molecular formula is C34H64NO7+. The molecule has 1 N–H and O–H groups in total. The molecule has 0 aliphatic carbocycles. The summed E-state index contributed by atoms with van der Waals surface area (Å²) in [6.07, 6.45) is 22.7. The molecule has 0 fully saturated rings. The van der Waals surface area contributed by atoms with Gasteiger partial charge in [-0.15, -0.1) is 0 Å². The first-order chi connectivity index (χ1) is 20.1. The molecule has 2 atom stereocenters. The van der Waals surface area contributed by atoms with Crippen LogP contribution in [0.15, 0.2) is 12.2 Å². The molecule has 0 radical (unpaired) electrons. The van der Waals surface area contributed by atoms with Crippen molar-refractivity contribution in [2.75, 3.05) is 41.0 Å². The number of carboxylic acid groups (broad SMARTS) is 1. The van der Waals surface area contributed by atoms with Crippen LogP contribution in [-0.2, 0) is 28.6 Å². The summed E-state index contributed by atoms with van der Waals surface area (Å²) in [7, 11) is 5.50. The quantitative estimate of drug-likeness (QED) is 0.0409. The van der Waals surface area contributed by atoms with E-state index in [4.69, 9.17) is 14.2 Å². The number of hydrogen-bond acceptors (Lipinski definition) is 6. The molecule has 0 aromatic carbocycles. The molecule has 0 amide bonds. The Hall–Kier alpha value is -1.93. The van der Waals surface area contributed by atoms with Crippen LogP contribution in [0.3, 0.4) is 0 Å². The molecule has 0 spiro atoms. The maximum Gasteiger partial charge on any atom is 0.362 e. The lowest BCUT2D eigenvalue weighted by Crippen LogP contribution is -2.50. The van der Waals surface area contributed by atoms with E-state index < -0.39 is 18.1 Å². The number of ether oxygens (including phenoxy) is 3. The molecule has 8 heteroatoms. The lowest BCUT2D eigenvalue weighted by Gasteiger charge is -2.31. The smallest absolute Gasteiger partial charge is 0.362 e. The van der Waals surface area contributed by atoms with Crippen LogP contribution in [0.5, 0.6) is 0 Å². The number of aliphatic carboxylic acids is 1. The minimum atomic E-state index is -0.879. The standard InChI is InChI=1S/C34H63NO7/c1-6-8-10-12-14-16-18-20-22-24-32(36)41-29-30(28-40-27-26-31(34(38)39)35(3,4)5)42-33(37)25-23-21-19-17-15-13-11-9-7-2/h16,18,30-31H,6-15,17,19-29H2,1-5H3/p+1/b18-16+. The van der Waals surface area contributed by atoms with Crippen molar-refractivity contribution in [3.63, 3.8) is 0 Å². The molecule has 0 rings (SSSR count). The highest BCUT2D eigenvalue weighted by Gasteiger charge is 2.31. The third-order valence-electron chi connectivity index (χ3n) is 7.41. The number of unbranched alkanes of at least 4 members (excludes halogenated alkanes) is 13. The maximum absolute atomic E-state index is 12.5. The summed E-state index contributed by atoms with van der Waals surface area (Å²) >= 11 is 0. The Labute approximate surface area is 257 Å². The van der Waals surface area contributed by atoms with Gasteiger partial charge < -0.3 is 23.8 Å². The number of hydrogen-bond donors (Lipinski definition) is 1. The zero-order valence-electron chi connectivity index (χ0n) is 27.7. The van der Waals surface area contributed by atoms with Crippen molar-refractivity contribution in [1.29, 1.82) is 0 Å². The van der Waals surface area contributed by atoms with Crippen LogP contribution in [0, 0.1) is 0 Å². The predicted molar refractivity (Wildman–Crippen MR) is 169 cm³/mol. The zero-order chi connectivity index (χ0) is 31.5. The number of quaternary nitrogens is 1. The van der Waals surface area contributed by atoms with Crippen molar-refractivity contribution >= 4 is 17.9 Å². The van der Waals surface area contributed by atoms with Gasteiger partial charge in [0.1, 0.15) is 6.61 Å². The molecule has 0 saturated carbocycles. The van der Waals surface area contributed by atoms with Gasteiger partial charge in [-0.25, -0.2) is 4.79 Å². The number of carbonyl (C=O) groups is 3. The van der Waals surface area contributed by atoms with Crippen LogP contribution in [0.2, 0.25) is 0 Å². The maximum atomic E-state index is 12.5. The van der Waals surface area contributed by atoms with E-state index in [1.54, 1.807) is 0 Å². The molecule has 0 aromatic heterocycles. The van der Waals surface area contributed by atoms with Crippen LogP contribution < -0.4 is 0 Å². The van der Waals surface area contributed by atoms with E-state index in [0.29, 0.717) is 25.7 Å². The van der Waals surface area contributed by atoms with Crippen LogP contribution in [0.4, 0.5) is 0 Å². The van der Waals surface area contributed by atoms with Gasteiger partial charge in [-0.2, -0.15) is 0 Å². The van der Waals surface area contributed by atoms with E-state index >= 15 is 0 Å². The summed E-state index contributed by atoms with van der Waals surface area (Å²) in [4.78, 5) is 36.4. The van der Waals surface area contributed by atoms with E-state index in [2.05, 4.69) is 26.0 Å². The van der Waals surface area contributed by atoms with Crippen molar-refractivity contribution in [3.8, 4) is 0 Å². The fourth-order valence-corrected chi connectivity index (χ4v) is 4.74. The topological polar surface area (TPSA) is 99.1 Å². The van der Waals surface area contributed by atoms with Crippen LogP contribution in [0.25, 0.3) is 0 Å². The second-order valence-electron chi connectivity index (χ2n) is 12.4. The first kappa shape index (κ1) is 40.1. The second-order valence-corrected chi connectivity index (χ2v) is 12.4. The average molecular weight is 599 g/mol. The lowest BCUT2D eigenvalue weighted by molar-refractivity contribution is -0.887. The normalized spacial score (nSPS) is 13.3. The van der Waals surface area contributed by atoms with Gasteiger partial charge in [0.15, 0.2) is 12.1 Å². The number of likely N-dealkylation sites (N-methyl/N-ethyl adjacent to an activating group) is 1. The highest BCUT2D eigenvalue weighted by Crippen LogP contribution is 2.13. The van der Waals surface area contributed by atoms with Gasteiger partial charge in [0.2, 0.25) is 0 Å². The van der Waals surface area contributed by atoms with E-state index in [1.165, 1.54) is 64.2 Å². The van der Waals surface area contributed by atoms with E-state index in [1.807, 2.05) is 21.1 Å². The molecule has 0 aliphatic rings. The first-order valence-corrected chi connectivity index (χ1v) is 16.7. The molecule has 0 saturated heterocycles. The highest BCUT2D eigenvalue weighted by atomic mass is 16.6. The van der Waals surface area contributed by atoms with Crippen LogP contribution in [0.1, 0.15) is 136 Å². The van der Waals surface area contributed by atoms with Crippen molar-refractivity contribution < 1.29 is 38.2 Å². The zero-order valence-corrected chi connectivity index (χ0v) is 27.7. The SMILES string of the molecule is CCCCCC/C=C/CCCC(=O)OCC(COCCC(C(=O)O)[N+](C)(C)C)OC(=O)CCCCCCCCCCC. The van der Waals surface area contributed by atoms with Crippen LogP contribution in [-0.4, -0.2) is 80.6 Å². The summed E-state index contributed by atoms with van der Waals surface area (Å²) in [5.41, 5.74) is 0. The predicted octanol–water partition coefficient (Wildman–Crippen LogP) is 7.63. The van der Waals surface area contributed by atoms with Crippen molar-refractivity contribution in [1.82, 2.24) is 0 Å². The molecule has 42 heavy (non-hydrogen) atoms. The minimum absolute atomic E-state index is 0.0566. The largest absolute Gasteiger partial charge is 0.477 e. The molecule has 0 aliphatic heterocycles. The Bertz CT molecular complexity index is 717. The Morgan fingerprint density at radius 2 is 1.21 bits per heavy atom. The van der Waals surface area contributed by atoms with Crippen LogP contribution >= 0.6 is 0 Å². The molecular weight excluding hydrogens is 534 g/mol. The lowest BCUT2D eigenvalue weighted by atomic mass is 10.1. The number of allylic oxidation sites excluding steroid dienone is 2. The van der Waals surface area contributed by atoms with Gasteiger partial charge in [-0.1, -0.05) is 96.6 Å². The van der Waals surface area contributed by atoms with Crippen molar-refractivity contribution in [3.05, 3.63) is 12.2 Å². The number of nitrogens with zero attached hydrogens (tertiary/aromatic N) is 1. The molecule has 8 nitrogen and oxygen atoms in total. The Balaban J connectivity index is 4.53. The second kappa shape index (κ2) is 26.7. The number of esters is 2. The van der Waals surface area contributed by atoms with E-state index in [-0.39, 0.29) is 36.2 Å². The average Bonchev–Trinajstić information content (AvgIpc) is 2.92. The fourth-order valence-electron chi connectivity index (χ4n) is 4.74. The van der Waals surface area contributed by atoms with Gasteiger partial charge in [0.25, 0.3) is 0 Å². The van der Waals surface area contributed by atoms with Crippen molar-refractivity contribution in [2.24, 2.45) is 0 Å². The number of rotatable bonds is 29.